The summed E-state index contributed by atoms with van der Waals surface area (Å²) in [7, 11) is 0. The van der Waals surface area contributed by atoms with Crippen LogP contribution in [-0.4, -0.2) is 21.1 Å². The number of benzene rings is 1. The van der Waals surface area contributed by atoms with Crippen molar-refractivity contribution in [1.82, 2.24) is 14.5 Å². The van der Waals surface area contributed by atoms with Gasteiger partial charge in [0.15, 0.2) is 0 Å². The number of pyridine rings is 1. The molecule has 0 aliphatic heterocycles. The van der Waals surface area contributed by atoms with Gasteiger partial charge in [0, 0.05) is 24.5 Å². The maximum absolute atomic E-state index is 5.58. The topological polar surface area (TPSA) is 56.7 Å². The second-order valence-corrected chi connectivity index (χ2v) is 5.00. The molecule has 0 amide bonds. The van der Waals surface area contributed by atoms with Crippen molar-refractivity contribution < 1.29 is 0 Å². The smallest absolute Gasteiger partial charge is 0.0954 e. The molecule has 0 aliphatic rings. The van der Waals surface area contributed by atoms with Crippen molar-refractivity contribution in [2.45, 2.75) is 13.0 Å². The van der Waals surface area contributed by atoms with Gasteiger partial charge in [-0.25, -0.2) is 4.98 Å². The van der Waals surface area contributed by atoms with Gasteiger partial charge in [-0.05, 0) is 36.2 Å². The number of nitrogens with two attached hydrogens (primary N) is 1. The average molecular weight is 278 g/mol. The van der Waals surface area contributed by atoms with Gasteiger partial charge < -0.3 is 10.3 Å². The Balaban J connectivity index is 1.81. The van der Waals surface area contributed by atoms with Gasteiger partial charge >= 0.3 is 0 Å². The number of hydrogen-bond donors (Lipinski definition) is 1. The molecule has 2 N–H and O–H groups in total. The molecule has 0 radical (unpaired) electrons. The molecule has 0 atom stereocenters. The van der Waals surface area contributed by atoms with Gasteiger partial charge in [0.2, 0.25) is 0 Å². The van der Waals surface area contributed by atoms with Crippen LogP contribution in [0.3, 0.4) is 0 Å². The van der Waals surface area contributed by atoms with Crippen molar-refractivity contribution in [3.05, 3.63) is 72.4 Å². The van der Waals surface area contributed by atoms with Crippen LogP contribution in [-0.2, 0) is 13.0 Å². The molecule has 1 aromatic carbocycles. The Kier molecular flexibility index (Phi) is 4.07. The van der Waals surface area contributed by atoms with Crippen LogP contribution in [0.25, 0.3) is 11.3 Å². The maximum Gasteiger partial charge on any atom is 0.0954 e. The molecule has 0 bridgehead atoms. The molecular formula is C17H18N4. The molecule has 106 valence electrons. The van der Waals surface area contributed by atoms with E-state index in [9.17, 15) is 0 Å². The highest BCUT2D eigenvalue weighted by Gasteiger charge is 2.05. The minimum absolute atomic E-state index is 0.688. The maximum atomic E-state index is 5.58. The Hall–Kier alpha value is -2.46. The third-order valence-electron chi connectivity index (χ3n) is 3.50. The zero-order valence-corrected chi connectivity index (χ0v) is 11.8. The number of rotatable bonds is 5. The average Bonchev–Trinajstić information content (AvgIpc) is 2.98. The molecule has 0 fully saturated rings. The predicted molar refractivity (Wildman–Crippen MR) is 83.8 cm³/mol. The van der Waals surface area contributed by atoms with Crippen LogP contribution < -0.4 is 5.73 Å². The fourth-order valence-corrected chi connectivity index (χ4v) is 2.38. The fraction of sp³-hybridized carbons (Fsp3) is 0.176. The van der Waals surface area contributed by atoms with Crippen LogP contribution in [0.5, 0.6) is 0 Å². The van der Waals surface area contributed by atoms with E-state index < -0.39 is 0 Å². The first-order valence-electron chi connectivity index (χ1n) is 7.05. The number of imidazole rings is 1. The van der Waals surface area contributed by atoms with Crippen LogP contribution in [0, 0.1) is 0 Å². The van der Waals surface area contributed by atoms with Gasteiger partial charge in [0.05, 0.1) is 18.2 Å². The van der Waals surface area contributed by atoms with E-state index in [-0.39, 0.29) is 0 Å². The molecule has 21 heavy (non-hydrogen) atoms. The third-order valence-corrected chi connectivity index (χ3v) is 3.50. The fourth-order valence-electron chi connectivity index (χ4n) is 2.38. The van der Waals surface area contributed by atoms with E-state index in [2.05, 4.69) is 38.8 Å². The number of nitrogens with zero attached hydrogens (tertiary/aromatic N) is 3. The SMILES string of the molecule is NCCc1ccc(Cn2cncc2-c2ccncc2)cc1. The molecule has 0 saturated heterocycles. The van der Waals surface area contributed by atoms with Crippen LogP contribution in [0.4, 0.5) is 0 Å². The summed E-state index contributed by atoms with van der Waals surface area (Å²) in [5, 5.41) is 0. The van der Waals surface area contributed by atoms with Crippen LogP contribution >= 0.6 is 0 Å². The van der Waals surface area contributed by atoms with E-state index in [0.717, 1.165) is 24.2 Å². The Bertz CT molecular complexity index is 686. The lowest BCUT2D eigenvalue weighted by Crippen LogP contribution is -2.03. The highest BCUT2D eigenvalue weighted by Crippen LogP contribution is 2.19. The van der Waals surface area contributed by atoms with Crippen LogP contribution in [0.15, 0.2) is 61.3 Å². The normalized spacial score (nSPS) is 10.7. The monoisotopic (exact) mass is 278 g/mol. The van der Waals surface area contributed by atoms with Gasteiger partial charge in [-0.1, -0.05) is 24.3 Å². The summed E-state index contributed by atoms with van der Waals surface area (Å²) >= 11 is 0. The highest BCUT2D eigenvalue weighted by molar-refractivity contribution is 5.58. The summed E-state index contributed by atoms with van der Waals surface area (Å²) in [6, 6.07) is 12.6. The number of aromatic nitrogens is 3. The summed E-state index contributed by atoms with van der Waals surface area (Å²) in [6.07, 6.45) is 8.28. The van der Waals surface area contributed by atoms with E-state index in [0.29, 0.717) is 6.54 Å². The Morgan fingerprint density at radius 1 is 0.905 bits per heavy atom. The Morgan fingerprint density at radius 3 is 2.33 bits per heavy atom. The van der Waals surface area contributed by atoms with Gasteiger partial charge in [-0.3, -0.25) is 4.98 Å². The molecule has 0 saturated carbocycles. The lowest BCUT2D eigenvalue weighted by Gasteiger charge is -2.09. The lowest BCUT2D eigenvalue weighted by atomic mass is 10.1. The highest BCUT2D eigenvalue weighted by atomic mass is 15.0. The van der Waals surface area contributed by atoms with Gasteiger partial charge in [-0.2, -0.15) is 0 Å². The molecule has 3 aromatic rings. The first-order valence-corrected chi connectivity index (χ1v) is 7.05. The summed E-state index contributed by atoms with van der Waals surface area (Å²) in [5.74, 6) is 0. The van der Waals surface area contributed by atoms with Gasteiger partial charge in [0.1, 0.15) is 0 Å². The van der Waals surface area contributed by atoms with Gasteiger partial charge in [-0.15, -0.1) is 0 Å². The molecule has 0 spiro atoms. The van der Waals surface area contributed by atoms with Crippen molar-refractivity contribution in [2.24, 2.45) is 5.73 Å². The second-order valence-electron chi connectivity index (χ2n) is 5.00. The predicted octanol–water partition coefficient (Wildman–Crippen LogP) is 2.49. The Morgan fingerprint density at radius 2 is 1.62 bits per heavy atom. The molecule has 4 heteroatoms. The van der Waals surface area contributed by atoms with E-state index >= 15 is 0 Å². The lowest BCUT2D eigenvalue weighted by molar-refractivity contribution is 0.803. The molecule has 0 unspecified atom stereocenters. The first-order chi connectivity index (χ1) is 10.4. The molecule has 2 heterocycles. The van der Waals surface area contributed by atoms with Crippen molar-refractivity contribution in [1.29, 1.82) is 0 Å². The largest absolute Gasteiger partial charge is 0.330 e. The molecule has 3 rings (SSSR count). The summed E-state index contributed by atoms with van der Waals surface area (Å²) < 4.78 is 2.15. The summed E-state index contributed by atoms with van der Waals surface area (Å²) in [6.45, 7) is 1.49. The molecule has 2 aromatic heterocycles. The minimum atomic E-state index is 0.688. The first kappa shape index (κ1) is 13.5. The van der Waals surface area contributed by atoms with Crippen LogP contribution in [0.1, 0.15) is 11.1 Å². The van der Waals surface area contributed by atoms with E-state index in [4.69, 9.17) is 5.73 Å². The van der Waals surface area contributed by atoms with Crippen molar-refractivity contribution in [3.8, 4) is 11.3 Å². The standard InChI is InChI=1S/C17H18N4/c18-8-5-14-1-3-15(4-2-14)12-21-13-20-11-17(21)16-6-9-19-10-7-16/h1-4,6-7,9-11,13H,5,8,12,18H2. The number of hydrogen-bond acceptors (Lipinski definition) is 3. The molecular weight excluding hydrogens is 260 g/mol. The van der Waals surface area contributed by atoms with Gasteiger partial charge in [0.25, 0.3) is 0 Å². The summed E-state index contributed by atoms with van der Waals surface area (Å²) in [4.78, 5) is 8.32. The Labute approximate surface area is 124 Å². The quantitative estimate of drug-likeness (QED) is 0.780. The second kappa shape index (κ2) is 6.33. The molecule has 4 nitrogen and oxygen atoms in total. The van der Waals surface area contributed by atoms with E-state index in [1.807, 2.05) is 24.7 Å². The van der Waals surface area contributed by atoms with Crippen molar-refractivity contribution in [3.63, 3.8) is 0 Å². The molecule has 0 aliphatic carbocycles. The third kappa shape index (κ3) is 3.17. The van der Waals surface area contributed by atoms with E-state index in [1.54, 1.807) is 12.4 Å². The van der Waals surface area contributed by atoms with Crippen LogP contribution in [0.2, 0.25) is 0 Å². The van der Waals surface area contributed by atoms with Crippen molar-refractivity contribution >= 4 is 0 Å². The zero-order chi connectivity index (χ0) is 14.5. The van der Waals surface area contributed by atoms with E-state index in [1.165, 1.54) is 11.1 Å². The zero-order valence-electron chi connectivity index (χ0n) is 11.8. The van der Waals surface area contributed by atoms with Crippen molar-refractivity contribution in [2.75, 3.05) is 6.54 Å². The minimum Gasteiger partial charge on any atom is -0.330 e. The summed E-state index contributed by atoms with van der Waals surface area (Å²) in [5.41, 5.74) is 10.3.